The second kappa shape index (κ2) is 7.11. The van der Waals surface area contributed by atoms with Crippen molar-refractivity contribution in [1.29, 1.82) is 0 Å². The van der Waals surface area contributed by atoms with Crippen molar-refractivity contribution in [3.63, 3.8) is 0 Å². The molecule has 0 atom stereocenters. The second-order valence-electron chi connectivity index (χ2n) is 6.32. The number of amides is 1. The van der Waals surface area contributed by atoms with Crippen molar-refractivity contribution < 1.29 is 13.6 Å². The minimum absolute atomic E-state index is 0.0580. The standard InChI is InChI=1S/C20H16F2N4O/c21-13-6-9-16(15(22)10-13)24-18-11-17(20(27)23-14-7-8-14)25-19(26-18)12-4-2-1-3-5-12/h1-6,9-11,14H,7-8H2,(H,23,27)(H,24,25,26). The van der Waals surface area contributed by atoms with Crippen molar-refractivity contribution in [2.45, 2.75) is 18.9 Å². The Labute approximate surface area is 154 Å². The van der Waals surface area contributed by atoms with Gasteiger partial charge >= 0.3 is 0 Å². The van der Waals surface area contributed by atoms with E-state index >= 15 is 0 Å². The Morgan fingerprint density at radius 1 is 1.00 bits per heavy atom. The summed E-state index contributed by atoms with van der Waals surface area (Å²) < 4.78 is 27.1. The van der Waals surface area contributed by atoms with Crippen LogP contribution in [0.25, 0.3) is 11.4 Å². The molecule has 0 saturated heterocycles. The van der Waals surface area contributed by atoms with Gasteiger partial charge < -0.3 is 10.6 Å². The number of rotatable bonds is 5. The molecule has 5 nitrogen and oxygen atoms in total. The van der Waals surface area contributed by atoms with E-state index in [1.54, 1.807) is 0 Å². The Kier molecular flexibility index (Phi) is 4.50. The fraction of sp³-hybridized carbons (Fsp3) is 0.150. The predicted molar refractivity (Wildman–Crippen MR) is 97.6 cm³/mol. The first kappa shape index (κ1) is 17.1. The molecule has 27 heavy (non-hydrogen) atoms. The maximum Gasteiger partial charge on any atom is 0.270 e. The largest absolute Gasteiger partial charge is 0.348 e. The SMILES string of the molecule is O=C(NC1CC1)c1cc(Nc2ccc(F)cc2F)nc(-c2ccccc2)n1. The summed E-state index contributed by atoms with van der Waals surface area (Å²) in [5.41, 5.74) is 0.963. The van der Waals surface area contributed by atoms with Gasteiger partial charge in [-0.1, -0.05) is 30.3 Å². The average Bonchev–Trinajstić information content (AvgIpc) is 3.48. The molecule has 1 fully saturated rings. The Balaban J connectivity index is 1.71. The Hall–Kier alpha value is -3.35. The molecule has 2 N–H and O–H groups in total. The van der Waals surface area contributed by atoms with Gasteiger partial charge in [-0.25, -0.2) is 18.7 Å². The van der Waals surface area contributed by atoms with Crippen LogP contribution in [-0.2, 0) is 0 Å². The molecule has 2 aromatic carbocycles. The molecule has 0 unspecified atom stereocenters. The second-order valence-corrected chi connectivity index (χ2v) is 6.32. The number of nitrogens with one attached hydrogen (secondary N) is 2. The number of benzene rings is 2. The molecule has 1 amide bonds. The quantitative estimate of drug-likeness (QED) is 0.715. The molecule has 0 bridgehead atoms. The van der Waals surface area contributed by atoms with Gasteiger partial charge in [-0.15, -0.1) is 0 Å². The average molecular weight is 366 g/mol. The van der Waals surface area contributed by atoms with Crippen LogP contribution in [-0.4, -0.2) is 21.9 Å². The summed E-state index contributed by atoms with van der Waals surface area (Å²) in [7, 11) is 0. The summed E-state index contributed by atoms with van der Waals surface area (Å²) in [5, 5.41) is 5.68. The summed E-state index contributed by atoms with van der Waals surface area (Å²) >= 11 is 0. The van der Waals surface area contributed by atoms with Gasteiger partial charge in [-0.05, 0) is 25.0 Å². The molecule has 0 aliphatic heterocycles. The van der Waals surface area contributed by atoms with E-state index in [-0.39, 0.29) is 29.1 Å². The number of aromatic nitrogens is 2. The van der Waals surface area contributed by atoms with Gasteiger partial charge in [0.2, 0.25) is 0 Å². The molecule has 3 aromatic rings. The van der Waals surface area contributed by atoms with E-state index in [0.29, 0.717) is 5.82 Å². The van der Waals surface area contributed by atoms with E-state index in [9.17, 15) is 13.6 Å². The maximum absolute atomic E-state index is 14.0. The summed E-state index contributed by atoms with van der Waals surface area (Å²) in [5.74, 6) is -1.15. The van der Waals surface area contributed by atoms with Gasteiger partial charge in [0.15, 0.2) is 5.82 Å². The number of hydrogen-bond acceptors (Lipinski definition) is 4. The van der Waals surface area contributed by atoms with Gasteiger partial charge in [0.1, 0.15) is 23.1 Å². The lowest BCUT2D eigenvalue weighted by atomic mass is 10.2. The van der Waals surface area contributed by atoms with Gasteiger partial charge in [-0.3, -0.25) is 4.79 Å². The van der Waals surface area contributed by atoms with Crippen LogP contribution >= 0.6 is 0 Å². The monoisotopic (exact) mass is 366 g/mol. The minimum atomic E-state index is -0.751. The molecule has 1 saturated carbocycles. The minimum Gasteiger partial charge on any atom is -0.348 e. The lowest BCUT2D eigenvalue weighted by molar-refractivity contribution is 0.0946. The molecule has 1 heterocycles. The number of anilines is 2. The van der Waals surface area contributed by atoms with E-state index in [1.165, 1.54) is 12.1 Å². The molecule has 7 heteroatoms. The Morgan fingerprint density at radius 3 is 2.48 bits per heavy atom. The third-order valence-electron chi connectivity index (χ3n) is 4.10. The van der Waals surface area contributed by atoms with Crippen LogP contribution < -0.4 is 10.6 Å². The zero-order chi connectivity index (χ0) is 18.8. The molecule has 1 aromatic heterocycles. The highest BCUT2D eigenvalue weighted by Crippen LogP contribution is 2.24. The Bertz CT molecular complexity index is 991. The molecule has 0 spiro atoms. The lowest BCUT2D eigenvalue weighted by Gasteiger charge is -2.11. The van der Waals surface area contributed by atoms with E-state index in [1.807, 2.05) is 30.3 Å². The number of hydrogen-bond donors (Lipinski definition) is 2. The van der Waals surface area contributed by atoms with Crippen LogP contribution in [0.2, 0.25) is 0 Å². The molecule has 1 aliphatic rings. The number of halogens is 2. The number of carbonyl (C=O) groups excluding carboxylic acids is 1. The van der Waals surface area contributed by atoms with Crippen molar-refractivity contribution in [2.75, 3.05) is 5.32 Å². The third kappa shape index (κ3) is 4.08. The van der Waals surface area contributed by atoms with Crippen LogP contribution in [0, 0.1) is 11.6 Å². The van der Waals surface area contributed by atoms with Gasteiger partial charge in [0, 0.05) is 23.7 Å². The summed E-state index contributed by atoms with van der Waals surface area (Å²) in [6.45, 7) is 0. The topological polar surface area (TPSA) is 66.9 Å². The van der Waals surface area contributed by atoms with E-state index in [4.69, 9.17) is 0 Å². The summed E-state index contributed by atoms with van der Waals surface area (Å²) in [4.78, 5) is 21.2. The van der Waals surface area contributed by atoms with Crippen LogP contribution in [0.4, 0.5) is 20.3 Å². The van der Waals surface area contributed by atoms with Crippen molar-refractivity contribution in [1.82, 2.24) is 15.3 Å². The van der Waals surface area contributed by atoms with Crippen LogP contribution in [0.1, 0.15) is 23.3 Å². The number of nitrogens with zero attached hydrogens (tertiary/aromatic N) is 2. The van der Waals surface area contributed by atoms with Crippen LogP contribution in [0.5, 0.6) is 0 Å². The zero-order valence-corrected chi connectivity index (χ0v) is 14.2. The first-order chi connectivity index (χ1) is 13.1. The van der Waals surface area contributed by atoms with E-state index in [2.05, 4.69) is 20.6 Å². The predicted octanol–water partition coefficient (Wildman–Crippen LogP) is 4.06. The molecule has 136 valence electrons. The van der Waals surface area contributed by atoms with Crippen LogP contribution in [0.15, 0.2) is 54.6 Å². The highest BCUT2D eigenvalue weighted by atomic mass is 19.1. The van der Waals surface area contributed by atoms with Crippen molar-refractivity contribution in [2.24, 2.45) is 0 Å². The number of carbonyl (C=O) groups is 1. The highest BCUT2D eigenvalue weighted by molar-refractivity contribution is 5.94. The molecular weight excluding hydrogens is 350 g/mol. The highest BCUT2D eigenvalue weighted by Gasteiger charge is 2.25. The summed E-state index contributed by atoms with van der Waals surface area (Å²) in [6.07, 6.45) is 1.91. The third-order valence-corrected chi connectivity index (χ3v) is 4.10. The van der Waals surface area contributed by atoms with E-state index in [0.717, 1.165) is 30.5 Å². The normalized spacial score (nSPS) is 13.3. The molecule has 1 aliphatic carbocycles. The molecule has 0 radical (unpaired) electrons. The maximum atomic E-state index is 14.0. The van der Waals surface area contributed by atoms with Crippen molar-refractivity contribution >= 4 is 17.4 Å². The zero-order valence-electron chi connectivity index (χ0n) is 14.2. The van der Waals surface area contributed by atoms with E-state index < -0.39 is 11.6 Å². The van der Waals surface area contributed by atoms with Gasteiger partial charge in [0.25, 0.3) is 5.91 Å². The van der Waals surface area contributed by atoms with Crippen molar-refractivity contribution in [3.05, 3.63) is 71.9 Å². The smallest absolute Gasteiger partial charge is 0.270 e. The first-order valence-electron chi connectivity index (χ1n) is 8.56. The van der Waals surface area contributed by atoms with Crippen LogP contribution in [0.3, 0.4) is 0 Å². The Morgan fingerprint density at radius 2 is 1.78 bits per heavy atom. The first-order valence-corrected chi connectivity index (χ1v) is 8.56. The fourth-order valence-electron chi connectivity index (χ4n) is 2.56. The van der Waals surface area contributed by atoms with Gasteiger partial charge in [0.05, 0.1) is 5.69 Å². The molecular formula is C20H16F2N4O. The van der Waals surface area contributed by atoms with Gasteiger partial charge in [-0.2, -0.15) is 0 Å². The summed E-state index contributed by atoms with van der Waals surface area (Å²) in [6, 6.07) is 14.0. The van der Waals surface area contributed by atoms with Crippen molar-refractivity contribution in [3.8, 4) is 11.4 Å². The fourth-order valence-corrected chi connectivity index (χ4v) is 2.56. The lowest BCUT2D eigenvalue weighted by Crippen LogP contribution is -2.26. The molecule has 4 rings (SSSR count).